The number of aliphatic imine (C=N–C) groups is 2. The zero-order chi connectivity index (χ0) is 18.8. The molecule has 2 rings (SSSR count). The van der Waals surface area contributed by atoms with Crippen molar-refractivity contribution in [2.24, 2.45) is 20.9 Å². The van der Waals surface area contributed by atoms with E-state index in [4.69, 9.17) is 16.3 Å². The first kappa shape index (κ1) is 18.4. The van der Waals surface area contributed by atoms with Gasteiger partial charge in [-0.05, 0) is 35.4 Å². The first-order valence-electron chi connectivity index (χ1n) is 7.59. The van der Waals surface area contributed by atoms with Crippen LogP contribution in [0.3, 0.4) is 0 Å². The van der Waals surface area contributed by atoms with Crippen LogP contribution in [0, 0.1) is 22.7 Å². The predicted molar refractivity (Wildman–Crippen MR) is 99.8 cm³/mol. The van der Waals surface area contributed by atoms with Gasteiger partial charge < -0.3 is 10.6 Å². The lowest BCUT2D eigenvalue weighted by Crippen LogP contribution is -2.13. The molecule has 0 saturated heterocycles. The molecular formula is C19H16N6O. The van der Waals surface area contributed by atoms with E-state index in [0.29, 0.717) is 11.1 Å². The molecule has 26 heavy (non-hydrogen) atoms. The quantitative estimate of drug-likeness (QED) is 0.492. The Morgan fingerprint density at radius 1 is 1.00 bits per heavy atom. The lowest BCUT2D eigenvalue weighted by Gasteiger charge is -2.13. The number of hydrogen-bond acceptors (Lipinski definition) is 5. The van der Waals surface area contributed by atoms with Crippen molar-refractivity contribution in [3.05, 3.63) is 70.8 Å². The third-order valence-electron chi connectivity index (χ3n) is 3.42. The van der Waals surface area contributed by atoms with Crippen molar-refractivity contribution in [2.45, 2.75) is 6.04 Å². The minimum atomic E-state index is -0.355. The summed E-state index contributed by atoms with van der Waals surface area (Å²) in [6, 6.07) is 18.1. The lowest BCUT2D eigenvalue weighted by atomic mass is 9.97. The largest absolute Gasteiger partial charge is 0.399 e. The van der Waals surface area contributed by atoms with Crippen molar-refractivity contribution in [3.63, 3.8) is 0 Å². The lowest BCUT2D eigenvalue weighted by molar-refractivity contribution is 0.216. The summed E-state index contributed by atoms with van der Waals surface area (Å²) in [5.41, 5.74) is 8.54. The average molecular weight is 344 g/mol. The summed E-state index contributed by atoms with van der Waals surface area (Å²) in [5, 5.41) is 21.4. The Balaban J connectivity index is 2.35. The monoisotopic (exact) mass is 344 g/mol. The fraction of sp³-hybridized carbons (Fsp3) is 0.105. The summed E-state index contributed by atoms with van der Waals surface area (Å²) >= 11 is 0. The van der Waals surface area contributed by atoms with Crippen LogP contribution >= 0.6 is 0 Å². The van der Waals surface area contributed by atoms with E-state index in [1.807, 2.05) is 24.3 Å². The van der Waals surface area contributed by atoms with E-state index in [-0.39, 0.29) is 11.9 Å². The molecule has 0 amide bonds. The SMILES string of the molecule is CO/N=C/C(N)=NC=NC(c1ccc(C#N)cc1)c1ccc(C#N)cc1. The van der Waals surface area contributed by atoms with Gasteiger partial charge in [-0.25, -0.2) is 4.99 Å². The van der Waals surface area contributed by atoms with E-state index in [0.717, 1.165) is 11.1 Å². The highest BCUT2D eigenvalue weighted by molar-refractivity contribution is 6.29. The normalized spacial score (nSPS) is 11.6. The summed E-state index contributed by atoms with van der Waals surface area (Å²) in [4.78, 5) is 13.0. The Bertz CT molecular complexity index is 842. The number of rotatable bonds is 6. The van der Waals surface area contributed by atoms with Crippen molar-refractivity contribution in [1.29, 1.82) is 10.5 Å². The first-order valence-corrected chi connectivity index (χ1v) is 7.59. The fourth-order valence-corrected chi connectivity index (χ4v) is 2.15. The van der Waals surface area contributed by atoms with E-state index in [2.05, 4.69) is 32.1 Å². The predicted octanol–water partition coefficient (Wildman–Crippen LogP) is 2.54. The van der Waals surface area contributed by atoms with Gasteiger partial charge in [0.2, 0.25) is 0 Å². The molecule has 2 N–H and O–H groups in total. The zero-order valence-corrected chi connectivity index (χ0v) is 14.1. The molecule has 2 aromatic carbocycles. The average Bonchev–Trinajstić information content (AvgIpc) is 2.70. The molecule has 0 fully saturated rings. The van der Waals surface area contributed by atoms with Crippen LogP contribution in [0.1, 0.15) is 28.3 Å². The maximum absolute atomic E-state index is 8.95. The Morgan fingerprint density at radius 3 is 1.92 bits per heavy atom. The van der Waals surface area contributed by atoms with Gasteiger partial charge in [-0.2, -0.15) is 10.5 Å². The smallest absolute Gasteiger partial charge is 0.147 e. The van der Waals surface area contributed by atoms with Crippen LogP contribution in [0.5, 0.6) is 0 Å². The van der Waals surface area contributed by atoms with Crippen LogP contribution in [-0.2, 0) is 4.84 Å². The number of nitrogens with two attached hydrogens (primary N) is 1. The fourth-order valence-electron chi connectivity index (χ4n) is 2.15. The second-order valence-corrected chi connectivity index (χ2v) is 5.11. The number of amidine groups is 1. The second-order valence-electron chi connectivity index (χ2n) is 5.11. The molecule has 0 aliphatic heterocycles. The molecule has 0 heterocycles. The Hall–Kier alpha value is -3.97. The molecule has 2 aromatic rings. The third kappa shape index (κ3) is 5.02. The first-order chi connectivity index (χ1) is 12.7. The number of oxime groups is 1. The van der Waals surface area contributed by atoms with Gasteiger partial charge >= 0.3 is 0 Å². The van der Waals surface area contributed by atoms with Gasteiger partial charge in [-0.3, -0.25) is 4.99 Å². The van der Waals surface area contributed by atoms with Gasteiger partial charge in [0.15, 0.2) is 0 Å². The van der Waals surface area contributed by atoms with Gasteiger partial charge in [-0.1, -0.05) is 29.4 Å². The third-order valence-corrected chi connectivity index (χ3v) is 3.42. The molecule has 0 atom stereocenters. The Labute approximate surface area is 151 Å². The topological polar surface area (TPSA) is 120 Å². The molecule has 0 radical (unpaired) electrons. The van der Waals surface area contributed by atoms with Crippen LogP contribution in [0.15, 0.2) is 63.7 Å². The van der Waals surface area contributed by atoms with Gasteiger partial charge in [0.25, 0.3) is 0 Å². The summed E-state index contributed by atoms with van der Waals surface area (Å²) in [6.45, 7) is 0. The molecule has 128 valence electrons. The molecule has 0 aliphatic carbocycles. The van der Waals surface area contributed by atoms with Gasteiger partial charge in [0.1, 0.15) is 31.5 Å². The van der Waals surface area contributed by atoms with Crippen LogP contribution < -0.4 is 5.73 Å². The maximum Gasteiger partial charge on any atom is 0.147 e. The minimum absolute atomic E-state index is 0.147. The van der Waals surface area contributed by atoms with Crippen molar-refractivity contribution < 1.29 is 4.84 Å². The maximum atomic E-state index is 8.95. The summed E-state index contributed by atoms with van der Waals surface area (Å²) in [7, 11) is 1.41. The molecular weight excluding hydrogens is 328 g/mol. The standard InChI is InChI=1S/C19H16N6O/c1-26-25-12-18(22)23-13-24-19(16-6-2-14(10-20)3-7-16)17-8-4-15(11-21)5-9-17/h2-9,12-13,19H,1H3,(H2,22,23,24)/b25-12+. The van der Waals surface area contributed by atoms with Gasteiger partial charge in [0, 0.05) is 0 Å². The molecule has 0 spiro atoms. The molecule has 0 aromatic heterocycles. The highest BCUT2D eigenvalue weighted by Crippen LogP contribution is 2.26. The van der Waals surface area contributed by atoms with Crippen LogP contribution in [0.2, 0.25) is 0 Å². The van der Waals surface area contributed by atoms with Crippen molar-refractivity contribution >= 4 is 18.4 Å². The molecule has 7 heteroatoms. The van der Waals surface area contributed by atoms with Gasteiger partial charge in [-0.15, -0.1) is 0 Å². The van der Waals surface area contributed by atoms with Crippen molar-refractivity contribution in [2.75, 3.05) is 7.11 Å². The second kappa shape index (κ2) is 9.36. The molecule has 0 saturated carbocycles. The molecule has 0 bridgehead atoms. The van der Waals surface area contributed by atoms with E-state index < -0.39 is 0 Å². The van der Waals surface area contributed by atoms with Crippen LogP contribution in [-0.4, -0.2) is 25.5 Å². The van der Waals surface area contributed by atoms with E-state index >= 15 is 0 Å². The highest BCUT2D eigenvalue weighted by atomic mass is 16.6. The Kier molecular flexibility index (Phi) is 6.61. The number of nitrogens with zero attached hydrogens (tertiary/aromatic N) is 5. The van der Waals surface area contributed by atoms with Crippen LogP contribution in [0.25, 0.3) is 0 Å². The van der Waals surface area contributed by atoms with Crippen molar-refractivity contribution in [1.82, 2.24) is 0 Å². The van der Waals surface area contributed by atoms with Gasteiger partial charge in [0.05, 0.1) is 23.3 Å². The Morgan fingerprint density at radius 2 is 1.50 bits per heavy atom. The number of benzene rings is 2. The minimum Gasteiger partial charge on any atom is -0.399 e. The number of nitriles is 2. The summed E-state index contributed by atoms with van der Waals surface area (Å²) < 4.78 is 0. The summed E-state index contributed by atoms with van der Waals surface area (Å²) in [6.07, 6.45) is 2.61. The van der Waals surface area contributed by atoms with E-state index in [1.165, 1.54) is 19.7 Å². The van der Waals surface area contributed by atoms with E-state index in [9.17, 15) is 0 Å². The highest BCUT2D eigenvalue weighted by Gasteiger charge is 2.12. The van der Waals surface area contributed by atoms with E-state index in [1.54, 1.807) is 24.3 Å². The van der Waals surface area contributed by atoms with Crippen molar-refractivity contribution in [3.8, 4) is 12.1 Å². The van der Waals surface area contributed by atoms with Crippen LogP contribution in [0.4, 0.5) is 0 Å². The number of hydrogen-bond donors (Lipinski definition) is 1. The molecule has 7 nitrogen and oxygen atoms in total. The summed E-state index contributed by atoms with van der Waals surface area (Å²) in [5.74, 6) is 0.147. The molecule has 0 aliphatic rings. The zero-order valence-electron chi connectivity index (χ0n) is 14.1. The molecule has 0 unspecified atom stereocenters.